The van der Waals surface area contributed by atoms with E-state index in [9.17, 15) is 4.79 Å². The molecule has 1 fully saturated rings. The quantitative estimate of drug-likeness (QED) is 0.741. The summed E-state index contributed by atoms with van der Waals surface area (Å²) < 4.78 is 0. The van der Waals surface area contributed by atoms with Crippen LogP contribution in [-0.4, -0.2) is 41.9 Å². The molecule has 0 saturated heterocycles. The van der Waals surface area contributed by atoms with E-state index >= 15 is 0 Å². The largest absolute Gasteiger partial charge is 0.343 e. The smallest absolute Gasteiger partial charge is 0.224 e. The van der Waals surface area contributed by atoms with E-state index in [1.165, 1.54) is 12.8 Å². The second kappa shape index (κ2) is 6.50. The van der Waals surface area contributed by atoms with E-state index in [-0.39, 0.29) is 11.9 Å². The Balaban J connectivity index is 2.27. The highest BCUT2D eigenvalue weighted by Crippen LogP contribution is 2.33. The maximum absolute atomic E-state index is 11.9. The first kappa shape index (κ1) is 13.8. The van der Waals surface area contributed by atoms with E-state index in [1.54, 1.807) is 0 Å². The number of nitrogens with zero attached hydrogens (tertiary/aromatic N) is 1. The molecule has 0 aliphatic heterocycles. The number of rotatable bonds is 7. The zero-order valence-electron chi connectivity index (χ0n) is 10.6. The van der Waals surface area contributed by atoms with Crippen LogP contribution in [0.5, 0.6) is 0 Å². The number of carbonyl (C=O) groups is 1. The van der Waals surface area contributed by atoms with Gasteiger partial charge in [-0.05, 0) is 44.1 Å². The normalized spacial score (nSPS) is 19.2. The Labute approximate surface area is 103 Å². The molecule has 1 saturated carbocycles. The van der Waals surface area contributed by atoms with Crippen molar-refractivity contribution in [2.75, 3.05) is 19.1 Å². The molecule has 16 heavy (non-hydrogen) atoms. The minimum Gasteiger partial charge on any atom is -0.343 e. The summed E-state index contributed by atoms with van der Waals surface area (Å²) in [6.07, 6.45) is 6.09. The van der Waals surface area contributed by atoms with Gasteiger partial charge in [-0.3, -0.25) is 4.79 Å². The van der Waals surface area contributed by atoms with Gasteiger partial charge in [-0.1, -0.05) is 0 Å². The summed E-state index contributed by atoms with van der Waals surface area (Å²) in [5.41, 5.74) is 5.97. The summed E-state index contributed by atoms with van der Waals surface area (Å²) in [5, 5.41) is 0. The molecule has 0 bridgehead atoms. The first-order valence-corrected chi connectivity index (χ1v) is 7.45. The number of hydrogen-bond acceptors (Lipinski definition) is 3. The maximum atomic E-state index is 11.9. The van der Waals surface area contributed by atoms with Crippen molar-refractivity contribution in [3.05, 3.63) is 0 Å². The lowest BCUT2D eigenvalue weighted by atomic mass is 10.1. The average molecular weight is 244 g/mol. The van der Waals surface area contributed by atoms with E-state index in [4.69, 9.17) is 5.73 Å². The van der Waals surface area contributed by atoms with Gasteiger partial charge in [0, 0.05) is 25.6 Å². The number of nitrogens with two attached hydrogens (primary N) is 1. The molecule has 0 aromatic rings. The maximum Gasteiger partial charge on any atom is 0.224 e. The number of thioether (sulfide) groups is 1. The monoisotopic (exact) mass is 244 g/mol. The molecular weight excluding hydrogens is 220 g/mol. The van der Waals surface area contributed by atoms with Gasteiger partial charge in [-0.25, -0.2) is 0 Å². The van der Waals surface area contributed by atoms with Gasteiger partial charge in [0.25, 0.3) is 0 Å². The molecule has 1 aliphatic carbocycles. The second-order valence-electron chi connectivity index (χ2n) is 4.84. The number of amides is 1. The van der Waals surface area contributed by atoms with Crippen LogP contribution in [0.15, 0.2) is 0 Å². The van der Waals surface area contributed by atoms with Crippen LogP contribution in [0.2, 0.25) is 0 Å². The van der Waals surface area contributed by atoms with Crippen LogP contribution >= 0.6 is 11.8 Å². The molecule has 2 N–H and O–H groups in total. The minimum atomic E-state index is 0.0858. The third kappa shape index (κ3) is 4.34. The standard InChI is InChI=1S/C12H24N2OS/c1-9(6-7-16-3)14(2)12(15)8-11(13)10-4-5-10/h9-11H,4-8,13H2,1-3H3. The van der Waals surface area contributed by atoms with Gasteiger partial charge >= 0.3 is 0 Å². The van der Waals surface area contributed by atoms with Crippen LogP contribution in [-0.2, 0) is 4.79 Å². The van der Waals surface area contributed by atoms with Crippen LogP contribution in [0, 0.1) is 5.92 Å². The first-order chi connectivity index (χ1) is 7.56. The fourth-order valence-corrected chi connectivity index (χ4v) is 2.34. The van der Waals surface area contributed by atoms with Gasteiger partial charge < -0.3 is 10.6 Å². The molecular formula is C12H24N2OS. The molecule has 0 heterocycles. The Kier molecular flexibility index (Phi) is 5.62. The molecule has 0 aromatic heterocycles. The van der Waals surface area contributed by atoms with Crippen LogP contribution in [0.3, 0.4) is 0 Å². The van der Waals surface area contributed by atoms with Gasteiger partial charge in [-0.2, -0.15) is 11.8 Å². The van der Waals surface area contributed by atoms with Gasteiger partial charge in [0.05, 0.1) is 0 Å². The Morgan fingerprint density at radius 3 is 2.69 bits per heavy atom. The van der Waals surface area contributed by atoms with Crippen molar-refractivity contribution in [2.24, 2.45) is 11.7 Å². The van der Waals surface area contributed by atoms with Crippen LogP contribution in [0.4, 0.5) is 0 Å². The highest BCUT2D eigenvalue weighted by molar-refractivity contribution is 7.98. The second-order valence-corrected chi connectivity index (χ2v) is 5.83. The van der Waals surface area contributed by atoms with Crippen LogP contribution in [0.25, 0.3) is 0 Å². The minimum absolute atomic E-state index is 0.0858. The number of hydrogen-bond donors (Lipinski definition) is 1. The average Bonchev–Trinajstić information content (AvgIpc) is 3.08. The molecule has 1 aliphatic rings. The highest BCUT2D eigenvalue weighted by Gasteiger charge is 2.31. The lowest BCUT2D eigenvalue weighted by Gasteiger charge is -2.26. The Morgan fingerprint density at radius 1 is 1.56 bits per heavy atom. The molecule has 1 amide bonds. The van der Waals surface area contributed by atoms with E-state index in [2.05, 4.69) is 13.2 Å². The van der Waals surface area contributed by atoms with E-state index in [0.29, 0.717) is 18.4 Å². The van der Waals surface area contributed by atoms with E-state index in [0.717, 1.165) is 12.2 Å². The van der Waals surface area contributed by atoms with Crippen molar-refractivity contribution in [3.63, 3.8) is 0 Å². The molecule has 1 rings (SSSR count). The molecule has 94 valence electrons. The first-order valence-electron chi connectivity index (χ1n) is 6.06. The lowest BCUT2D eigenvalue weighted by molar-refractivity contribution is -0.132. The van der Waals surface area contributed by atoms with E-state index < -0.39 is 0 Å². The van der Waals surface area contributed by atoms with Crippen molar-refractivity contribution in [1.82, 2.24) is 4.90 Å². The predicted octanol–water partition coefficient (Wildman–Crippen LogP) is 1.71. The Hall–Kier alpha value is -0.220. The Bertz CT molecular complexity index is 231. The van der Waals surface area contributed by atoms with Crippen molar-refractivity contribution in [1.29, 1.82) is 0 Å². The predicted molar refractivity (Wildman–Crippen MR) is 70.5 cm³/mol. The fourth-order valence-electron chi connectivity index (χ4n) is 1.76. The lowest BCUT2D eigenvalue weighted by Crippen LogP contribution is -2.39. The molecule has 4 heteroatoms. The summed E-state index contributed by atoms with van der Waals surface area (Å²) in [7, 11) is 1.90. The zero-order chi connectivity index (χ0) is 12.1. The third-order valence-corrected chi connectivity index (χ3v) is 4.08. The topological polar surface area (TPSA) is 46.3 Å². The molecule has 3 nitrogen and oxygen atoms in total. The number of carbonyl (C=O) groups excluding carboxylic acids is 1. The summed E-state index contributed by atoms with van der Waals surface area (Å²) in [6, 6.07) is 0.411. The van der Waals surface area contributed by atoms with Crippen LogP contribution in [0.1, 0.15) is 32.6 Å². The summed E-state index contributed by atoms with van der Waals surface area (Å²) in [5.74, 6) is 1.92. The molecule has 2 unspecified atom stereocenters. The van der Waals surface area contributed by atoms with Crippen molar-refractivity contribution in [2.45, 2.75) is 44.7 Å². The van der Waals surface area contributed by atoms with Crippen molar-refractivity contribution < 1.29 is 4.79 Å². The summed E-state index contributed by atoms with van der Waals surface area (Å²) in [4.78, 5) is 13.8. The highest BCUT2D eigenvalue weighted by atomic mass is 32.2. The Morgan fingerprint density at radius 2 is 2.19 bits per heavy atom. The molecule has 0 spiro atoms. The third-order valence-electron chi connectivity index (χ3n) is 3.43. The fraction of sp³-hybridized carbons (Fsp3) is 0.917. The molecule has 0 radical (unpaired) electrons. The van der Waals surface area contributed by atoms with Gasteiger partial charge in [0.15, 0.2) is 0 Å². The van der Waals surface area contributed by atoms with Gasteiger partial charge in [-0.15, -0.1) is 0 Å². The molecule has 0 aromatic carbocycles. The zero-order valence-corrected chi connectivity index (χ0v) is 11.4. The van der Waals surface area contributed by atoms with Crippen LogP contribution < -0.4 is 5.73 Å². The summed E-state index contributed by atoms with van der Waals surface area (Å²) >= 11 is 1.83. The molecule has 2 atom stereocenters. The van der Waals surface area contributed by atoms with Gasteiger partial charge in [0.2, 0.25) is 5.91 Å². The van der Waals surface area contributed by atoms with Crippen molar-refractivity contribution in [3.8, 4) is 0 Å². The summed E-state index contributed by atoms with van der Waals surface area (Å²) in [6.45, 7) is 2.11. The van der Waals surface area contributed by atoms with Gasteiger partial charge in [0.1, 0.15) is 0 Å². The van der Waals surface area contributed by atoms with Crippen molar-refractivity contribution >= 4 is 17.7 Å². The van der Waals surface area contributed by atoms with E-state index in [1.807, 2.05) is 23.7 Å². The SMILES string of the molecule is CSCCC(C)N(C)C(=O)CC(N)C1CC1.